The Labute approximate surface area is 202 Å². The lowest BCUT2D eigenvalue weighted by atomic mass is 10.2. The van der Waals surface area contributed by atoms with E-state index >= 15 is 0 Å². The van der Waals surface area contributed by atoms with Crippen LogP contribution in [0.3, 0.4) is 0 Å². The summed E-state index contributed by atoms with van der Waals surface area (Å²) in [5.74, 6) is -0.832. The van der Waals surface area contributed by atoms with E-state index in [4.69, 9.17) is 33.2 Å². The van der Waals surface area contributed by atoms with Gasteiger partial charge in [-0.15, -0.1) is 5.10 Å². The summed E-state index contributed by atoms with van der Waals surface area (Å²) in [7, 11) is 0. The minimum Gasteiger partial charge on any atom is -0.454 e. The molecule has 5 rings (SSSR count). The van der Waals surface area contributed by atoms with Crippen LogP contribution in [0.5, 0.6) is 11.5 Å². The lowest BCUT2D eigenvalue weighted by Crippen LogP contribution is -2.33. The van der Waals surface area contributed by atoms with E-state index < -0.39 is 28.9 Å². The largest absolute Gasteiger partial charge is 0.454 e. The highest BCUT2D eigenvalue weighted by atomic mass is 35.5. The predicted octanol–water partition coefficient (Wildman–Crippen LogP) is 4.59. The van der Waals surface area contributed by atoms with Crippen LogP contribution in [0.1, 0.15) is 30.4 Å². The van der Waals surface area contributed by atoms with Gasteiger partial charge in [-0.25, -0.2) is 9.78 Å². The van der Waals surface area contributed by atoms with Gasteiger partial charge in [-0.1, -0.05) is 23.2 Å². The first kappa shape index (κ1) is 22.9. The van der Waals surface area contributed by atoms with Crippen LogP contribution in [0, 0.1) is 11.3 Å². The maximum atomic E-state index is 13.5. The highest BCUT2D eigenvalue weighted by Gasteiger charge is 2.41. The molecule has 1 saturated carbocycles. The Bertz CT molecular complexity index is 1640. The number of hydrogen-bond donors (Lipinski definition) is 1. The number of rotatable bonds is 4. The zero-order chi connectivity index (χ0) is 25.1. The minimum atomic E-state index is -4.61. The van der Waals surface area contributed by atoms with Crippen LogP contribution < -0.4 is 16.0 Å². The average Bonchev–Trinajstić information content (AvgIpc) is 3.55. The first-order valence-corrected chi connectivity index (χ1v) is 10.7. The molecule has 0 atom stereocenters. The zero-order valence-corrected chi connectivity index (χ0v) is 18.7. The Morgan fingerprint density at radius 2 is 1.83 bits per heavy atom. The SMILES string of the molecule is N#Cc1nn(-c2cc(Cl)c(Oc3ccc4nc(C(F)(F)F)n(C5CC5)c4c3)c(Cl)c2)c(=O)[nH]c1=O. The molecule has 0 amide bonds. The van der Waals surface area contributed by atoms with Gasteiger partial charge in [-0.2, -0.15) is 23.1 Å². The van der Waals surface area contributed by atoms with Crippen LogP contribution in [0.25, 0.3) is 16.7 Å². The first-order chi connectivity index (χ1) is 16.6. The van der Waals surface area contributed by atoms with Crippen molar-refractivity contribution in [2.24, 2.45) is 0 Å². The molecule has 2 aromatic carbocycles. The van der Waals surface area contributed by atoms with E-state index in [9.17, 15) is 22.8 Å². The predicted molar refractivity (Wildman–Crippen MR) is 118 cm³/mol. The number of hydrogen-bond acceptors (Lipinski definition) is 6. The normalized spacial score (nSPS) is 13.7. The highest BCUT2D eigenvalue weighted by Crippen LogP contribution is 2.44. The van der Waals surface area contributed by atoms with Gasteiger partial charge in [0.15, 0.2) is 5.75 Å². The van der Waals surface area contributed by atoms with Gasteiger partial charge in [-0.3, -0.25) is 9.78 Å². The number of nitrogens with zero attached hydrogens (tertiary/aromatic N) is 5. The number of nitriles is 1. The number of aromatic nitrogens is 5. The Morgan fingerprint density at radius 1 is 1.14 bits per heavy atom. The van der Waals surface area contributed by atoms with Crippen molar-refractivity contribution in [2.75, 3.05) is 0 Å². The van der Waals surface area contributed by atoms with Crippen molar-refractivity contribution in [1.82, 2.24) is 24.3 Å². The molecule has 2 heterocycles. The number of aromatic amines is 1. The number of alkyl halides is 3. The topological polar surface area (TPSA) is 119 Å². The summed E-state index contributed by atoms with van der Waals surface area (Å²) in [4.78, 5) is 29.4. The van der Waals surface area contributed by atoms with Gasteiger partial charge in [0.1, 0.15) is 11.8 Å². The fourth-order valence-electron chi connectivity index (χ4n) is 3.57. The number of ether oxygens (including phenoxy) is 1. The molecule has 1 aliphatic rings. The molecule has 1 fully saturated rings. The Hall–Kier alpha value is -3.82. The van der Waals surface area contributed by atoms with Gasteiger partial charge in [0, 0.05) is 12.1 Å². The van der Waals surface area contributed by atoms with E-state index in [0.29, 0.717) is 12.8 Å². The van der Waals surface area contributed by atoms with Gasteiger partial charge in [0.25, 0.3) is 5.56 Å². The number of H-pyrrole nitrogens is 1. The van der Waals surface area contributed by atoms with Crippen molar-refractivity contribution in [3.8, 4) is 23.3 Å². The first-order valence-electron chi connectivity index (χ1n) is 9.97. The molecular formula is C21H11Cl2F3N6O3. The van der Waals surface area contributed by atoms with E-state index in [1.54, 1.807) is 6.07 Å². The fourth-order valence-corrected chi connectivity index (χ4v) is 4.12. The summed E-state index contributed by atoms with van der Waals surface area (Å²) in [5.41, 5.74) is -1.94. The van der Waals surface area contributed by atoms with Crippen LogP contribution in [0.4, 0.5) is 13.2 Å². The summed E-state index contributed by atoms with van der Waals surface area (Å²) in [6.07, 6.45) is -3.38. The number of imidazole rings is 1. The second kappa shape index (κ2) is 8.14. The number of fused-ring (bicyclic) bond motifs is 1. The second-order valence-electron chi connectivity index (χ2n) is 7.66. The van der Waals surface area contributed by atoms with Crippen LogP contribution in [0.2, 0.25) is 10.0 Å². The molecule has 35 heavy (non-hydrogen) atoms. The van der Waals surface area contributed by atoms with Crippen LogP contribution in [-0.4, -0.2) is 24.3 Å². The fraction of sp³-hybridized carbons (Fsp3) is 0.190. The summed E-state index contributed by atoms with van der Waals surface area (Å²) in [6, 6.07) is 8.07. The average molecular weight is 523 g/mol. The molecule has 0 radical (unpaired) electrons. The smallest absolute Gasteiger partial charge is 0.449 e. The van der Waals surface area contributed by atoms with Crippen molar-refractivity contribution in [2.45, 2.75) is 25.1 Å². The molecule has 178 valence electrons. The number of nitrogens with one attached hydrogen (secondary N) is 1. The third kappa shape index (κ3) is 4.13. The molecule has 0 unspecified atom stereocenters. The van der Waals surface area contributed by atoms with E-state index in [2.05, 4.69) is 10.1 Å². The maximum absolute atomic E-state index is 13.5. The van der Waals surface area contributed by atoms with Gasteiger partial charge in [0.2, 0.25) is 11.5 Å². The lowest BCUT2D eigenvalue weighted by molar-refractivity contribution is -0.147. The molecule has 0 spiro atoms. The van der Waals surface area contributed by atoms with Crippen molar-refractivity contribution >= 4 is 34.2 Å². The van der Waals surface area contributed by atoms with E-state index in [1.165, 1.54) is 30.3 Å². The molecule has 14 heteroatoms. The molecule has 2 aromatic heterocycles. The van der Waals surface area contributed by atoms with E-state index in [1.807, 2.05) is 4.98 Å². The minimum absolute atomic E-state index is 0.0251. The number of halogens is 5. The molecule has 0 bridgehead atoms. The molecule has 1 N–H and O–H groups in total. The summed E-state index contributed by atoms with van der Waals surface area (Å²) < 4.78 is 48.1. The molecule has 9 nitrogen and oxygen atoms in total. The Balaban J connectivity index is 1.54. The number of benzene rings is 2. The van der Waals surface area contributed by atoms with Gasteiger partial charge >= 0.3 is 11.9 Å². The van der Waals surface area contributed by atoms with Crippen molar-refractivity contribution in [3.05, 3.63) is 72.7 Å². The maximum Gasteiger partial charge on any atom is 0.449 e. The van der Waals surface area contributed by atoms with Crippen LogP contribution in [0.15, 0.2) is 39.9 Å². The van der Waals surface area contributed by atoms with E-state index in [0.717, 1.165) is 9.25 Å². The quantitative estimate of drug-likeness (QED) is 0.418. The molecule has 1 aliphatic carbocycles. The van der Waals surface area contributed by atoms with Crippen molar-refractivity contribution in [1.29, 1.82) is 5.26 Å². The van der Waals surface area contributed by atoms with Gasteiger partial charge in [-0.05, 0) is 37.1 Å². The second-order valence-corrected chi connectivity index (χ2v) is 8.47. The summed E-state index contributed by atoms with van der Waals surface area (Å²) in [6.45, 7) is 0. The van der Waals surface area contributed by atoms with Crippen molar-refractivity contribution < 1.29 is 17.9 Å². The molecule has 4 aromatic rings. The molecule has 0 saturated heterocycles. The summed E-state index contributed by atoms with van der Waals surface area (Å²) >= 11 is 12.6. The van der Waals surface area contributed by atoms with Crippen LogP contribution in [-0.2, 0) is 6.18 Å². The standard InChI is InChI=1S/C21H11Cl2F3N6O3/c22-12-5-10(32-20(34)29-18(33)15(8-27)30-32)6-13(23)17(12)35-11-3-4-14-16(7-11)31(9-1-2-9)19(28-14)21(24,25)26/h3-7,9H,1-2H2,(H,29,33,34). The summed E-state index contributed by atoms with van der Waals surface area (Å²) in [5, 5.41) is 12.6. The molecular weight excluding hydrogens is 512 g/mol. The van der Waals surface area contributed by atoms with E-state index in [-0.39, 0.29) is 44.3 Å². The van der Waals surface area contributed by atoms with Gasteiger partial charge in [0.05, 0.1) is 26.8 Å². The Morgan fingerprint density at radius 3 is 2.43 bits per heavy atom. The third-order valence-electron chi connectivity index (χ3n) is 5.21. The third-order valence-corrected chi connectivity index (χ3v) is 5.77. The molecule has 0 aliphatic heterocycles. The Kier molecular flexibility index (Phi) is 5.34. The zero-order valence-electron chi connectivity index (χ0n) is 17.2. The monoisotopic (exact) mass is 522 g/mol. The lowest BCUT2D eigenvalue weighted by Gasteiger charge is -2.13. The van der Waals surface area contributed by atoms with Gasteiger partial charge < -0.3 is 9.30 Å². The highest BCUT2D eigenvalue weighted by molar-refractivity contribution is 6.37. The van der Waals surface area contributed by atoms with Crippen LogP contribution >= 0.6 is 23.2 Å². The van der Waals surface area contributed by atoms with Crippen molar-refractivity contribution in [3.63, 3.8) is 0 Å².